The summed E-state index contributed by atoms with van der Waals surface area (Å²) in [6.07, 6.45) is -3.50. The predicted molar refractivity (Wildman–Crippen MR) is 93.5 cm³/mol. The minimum Gasteiger partial charge on any atom is -0.332 e. The first kappa shape index (κ1) is 17.5. The molecule has 2 N–H and O–H groups in total. The van der Waals surface area contributed by atoms with Crippen LogP contribution in [0, 0.1) is 5.82 Å². The molecule has 0 aliphatic carbocycles. The lowest BCUT2D eigenvalue weighted by Crippen LogP contribution is -2.24. The van der Waals surface area contributed by atoms with Crippen molar-refractivity contribution in [3.05, 3.63) is 46.6 Å². The van der Waals surface area contributed by atoms with Gasteiger partial charge in [0.1, 0.15) is 5.82 Å². The minimum absolute atomic E-state index is 0.0982. The molecule has 10 heteroatoms. The molecule has 138 valence electrons. The van der Waals surface area contributed by atoms with Crippen LogP contribution < -0.4 is 5.56 Å². The monoisotopic (exact) mass is 395 g/mol. The largest absolute Gasteiger partial charge is 0.450 e. The molecule has 4 aromatic rings. The zero-order valence-electron chi connectivity index (χ0n) is 13.3. The Morgan fingerprint density at radius 2 is 1.93 bits per heavy atom. The van der Waals surface area contributed by atoms with E-state index >= 15 is 0 Å². The Hall–Kier alpha value is -2.88. The second kappa shape index (κ2) is 6.08. The molecule has 5 nitrogen and oxygen atoms in total. The smallest absolute Gasteiger partial charge is 0.332 e. The Morgan fingerprint density at radius 1 is 1.15 bits per heavy atom. The molecule has 0 fully saturated rings. The molecular formula is C17H9F4N3O2S. The number of pyridine rings is 1. The summed E-state index contributed by atoms with van der Waals surface area (Å²) in [5.74, 6) is -3.23. The molecule has 0 saturated carbocycles. The van der Waals surface area contributed by atoms with Crippen LogP contribution in [0.3, 0.4) is 0 Å². The first-order chi connectivity index (χ1) is 12.8. The van der Waals surface area contributed by atoms with E-state index in [-0.39, 0.29) is 10.5 Å². The number of thioether (sulfide) groups is 1. The average Bonchev–Trinajstić information content (AvgIpc) is 3.03. The molecule has 2 heterocycles. The van der Waals surface area contributed by atoms with Crippen molar-refractivity contribution in [2.75, 3.05) is 5.75 Å². The van der Waals surface area contributed by atoms with Crippen molar-refractivity contribution in [1.29, 1.82) is 0 Å². The highest BCUT2D eigenvalue weighted by molar-refractivity contribution is 7.99. The van der Waals surface area contributed by atoms with Gasteiger partial charge >= 0.3 is 6.18 Å². The van der Waals surface area contributed by atoms with Gasteiger partial charge in [0, 0.05) is 22.4 Å². The predicted octanol–water partition coefficient (Wildman–Crippen LogP) is 3.92. The van der Waals surface area contributed by atoms with Gasteiger partial charge in [-0.1, -0.05) is 11.8 Å². The topological polar surface area (TPSA) is 78.6 Å². The highest BCUT2D eigenvalue weighted by Gasteiger charge is 2.37. The second-order valence-corrected chi connectivity index (χ2v) is 6.72. The molecule has 0 atom stereocenters. The molecule has 4 rings (SSSR count). The Bertz CT molecular complexity index is 1280. The molecule has 0 radical (unpaired) electrons. The number of H-pyrrole nitrogens is 2. The number of fused-ring (bicyclic) bond motifs is 6. The fourth-order valence-corrected chi connectivity index (χ4v) is 3.67. The molecule has 27 heavy (non-hydrogen) atoms. The number of nitrogens with zero attached hydrogens (tertiary/aromatic N) is 1. The lowest BCUT2D eigenvalue weighted by Gasteiger charge is -2.05. The van der Waals surface area contributed by atoms with Gasteiger partial charge < -0.3 is 9.97 Å². The summed E-state index contributed by atoms with van der Waals surface area (Å²) < 4.78 is 50.9. The maximum Gasteiger partial charge on any atom is 0.450 e. The zero-order valence-corrected chi connectivity index (χ0v) is 14.1. The van der Waals surface area contributed by atoms with Gasteiger partial charge in [-0.05, 0) is 24.3 Å². The van der Waals surface area contributed by atoms with Gasteiger partial charge in [0.25, 0.3) is 5.56 Å². The van der Waals surface area contributed by atoms with E-state index in [1.807, 2.05) is 0 Å². The number of Topliss-reactive ketones (excluding diaryl/α,β-unsaturated/α-hetero) is 1. The van der Waals surface area contributed by atoms with E-state index in [1.165, 1.54) is 24.4 Å². The van der Waals surface area contributed by atoms with Gasteiger partial charge in [0.2, 0.25) is 5.78 Å². The van der Waals surface area contributed by atoms with E-state index in [0.717, 1.165) is 0 Å². The van der Waals surface area contributed by atoms with Crippen LogP contribution >= 0.6 is 11.8 Å². The maximum atomic E-state index is 13.7. The summed E-state index contributed by atoms with van der Waals surface area (Å²) in [5, 5.41) is 1.61. The average molecular weight is 395 g/mol. The van der Waals surface area contributed by atoms with Crippen LogP contribution in [0.2, 0.25) is 0 Å². The Kier molecular flexibility index (Phi) is 3.95. The van der Waals surface area contributed by atoms with Crippen molar-refractivity contribution in [2.24, 2.45) is 0 Å². The van der Waals surface area contributed by atoms with E-state index in [9.17, 15) is 27.2 Å². The van der Waals surface area contributed by atoms with Gasteiger partial charge in [0.15, 0.2) is 5.16 Å². The number of carbonyl (C=O) groups excluding carboxylic acids is 1. The van der Waals surface area contributed by atoms with E-state index in [2.05, 4.69) is 15.0 Å². The lowest BCUT2D eigenvalue weighted by molar-refractivity contribution is -0.167. The van der Waals surface area contributed by atoms with Crippen LogP contribution in [0.1, 0.15) is 0 Å². The molecule has 0 saturated heterocycles. The molecule has 0 aliphatic heterocycles. The third kappa shape index (κ3) is 2.95. The number of ketones is 1. The van der Waals surface area contributed by atoms with E-state index < -0.39 is 29.1 Å². The molecule has 2 aromatic carbocycles. The standard InChI is InChI=1S/C17H9F4N3O2S/c18-7-1-2-8-10(5-7)12-9(3-4-22-15(12)26)14-13(8)23-16(24-14)27-6-11(25)17(19,20)21/h1-5H,6H2,(H,22,26)(H,23,24). The van der Waals surface area contributed by atoms with Crippen molar-refractivity contribution in [2.45, 2.75) is 11.3 Å². The summed E-state index contributed by atoms with van der Waals surface area (Å²) in [5.41, 5.74) is 0.378. The van der Waals surface area contributed by atoms with Crippen LogP contribution in [-0.4, -0.2) is 32.7 Å². The van der Waals surface area contributed by atoms with Gasteiger partial charge in [-0.15, -0.1) is 0 Å². The SMILES string of the molecule is O=C(CSc1nc2c3ccc(F)cc3c3c(=O)[nH]ccc3c2[nH]1)C(F)(F)F. The van der Waals surface area contributed by atoms with Crippen molar-refractivity contribution in [1.82, 2.24) is 15.0 Å². The van der Waals surface area contributed by atoms with Crippen molar-refractivity contribution in [3.8, 4) is 0 Å². The van der Waals surface area contributed by atoms with E-state index in [1.54, 1.807) is 6.07 Å². The number of nitrogens with one attached hydrogen (secondary N) is 2. The van der Waals surface area contributed by atoms with Crippen LogP contribution in [0.5, 0.6) is 0 Å². The Labute approximate surface area is 151 Å². The first-order valence-electron chi connectivity index (χ1n) is 7.61. The molecular weight excluding hydrogens is 386 g/mol. The molecule has 0 bridgehead atoms. The van der Waals surface area contributed by atoms with Gasteiger partial charge in [-0.2, -0.15) is 13.2 Å². The van der Waals surface area contributed by atoms with Crippen LogP contribution in [0.15, 0.2) is 40.4 Å². The van der Waals surface area contributed by atoms with Crippen molar-refractivity contribution in [3.63, 3.8) is 0 Å². The number of benzene rings is 2. The second-order valence-electron chi connectivity index (χ2n) is 5.76. The van der Waals surface area contributed by atoms with Crippen molar-refractivity contribution >= 4 is 50.1 Å². The number of aromatic nitrogens is 3. The Morgan fingerprint density at radius 3 is 2.67 bits per heavy atom. The molecule has 0 aliphatic rings. The summed E-state index contributed by atoms with van der Waals surface area (Å²) >= 11 is 0.609. The number of carbonyl (C=O) groups is 1. The lowest BCUT2D eigenvalue weighted by atomic mass is 10.0. The number of aromatic amines is 2. The molecule has 2 aromatic heterocycles. The number of rotatable bonds is 3. The highest BCUT2D eigenvalue weighted by atomic mass is 32.2. The third-order valence-electron chi connectivity index (χ3n) is 4.07. The van der Waals surface area contributed by atoms with Gasteiger partial charge in [-0.25, -0.2) is 9.37 Å². The quantitative estimate of drug-likeness (QED) is 0.313. The number of hydrogen-bond donors (Lipinski definition) is 2. The summed E-state index contributed by atoms with van der Waals surface area (Å²) in [4.78, 5) is 33.0. The van der Waals surface area contributed by atoms with Gasteiger partial charge in [-0.3, -0.25) is 9.59 Å². The first-order valence-corrected chi connectivity index (χ1v) is 8.59. The Balaban J connectivity index is 1.94. The summed E-state index contributed by atoms with van der Waals surface area (Å²) in [6.45, 7) is 0. The van der Waals surface area contributed by atoms with Crippen LogP contribution in [0.25, 0.3) is 32.6 Å². The fourth-order valence-electron chi connectivity index (χ4n) is 2.91. The number of hydrogen-bond acceptors (Lipinski definition) is 4. The number of alkyl halides is 3. The van der Waals surface area contributed by atoms with E-state index in [4.69, 9.17) is 0 Å². The normalized spacial score (nSPS) is 12.3. The minimum atomic E-state index is -4.91. The molecule has 0 unspecified atom stereocenters. The maximum absolute atomic E-state index is 13.7. The van der Waals surface area contributed by atoms with Crippen LogP contribution in [0.4, 0.5) is 17.6 Å². The van der Waals surface area contributed by atoms with E-state index in [0.29, 0.717) is 39.0 Å². The fraction of sp³-hybridized carbons (Fsp3) is 0.118. The molecule has 0 amide bonds. The van der Waals surface area contributed by atoms with Gasteiger partial charge in [0.05, 0.1) is 22.2 Å². The van der Waals surface area contributed by atoms with Crippen molar-refractivity contribution < 1.29 is 22.4 Å². The highest BCUT2D eigenvalue weighted by Crippen LogP contribution is 2.34. The molecule has 0 spiro atoms. The number of imidazole rings is 1. The van der Waals surface area contributed by atoms with Crippen LogP contribution in [-0.2, 0) is 4.79 Å². The summed E-state index contributed by atoms with van der Waals surface area (Å²) in [7, 11) is 0. The third-order valence-corrected chi connectivity index (χ3v) is 4.95. The summed E-state index contributed by atoms with van der Waals surface area (Å²) in [6, 6.07) is 5.46. The zero-order chi connectivity index (χ0) is 19.3. The number of halogens is 4.